The second kappa shape index (κ2) is 5.63. The van der Waals surface area contributed by atoms with Gasteiger partial charge in [0, 0.05) is 19.3 Å². The van der Waals surface area contributed by atoms with Gasteiger partial charge >= 0.3 is 0 Å². The molecular formula is C12H17N3O2. The van der Waals surface area contributed by atoms with Gasteiger partial charge in [-0.2, -0.15) is 0 Å². The van der Waals surface area contributed by atoms with Gasteiger partial charge in [-0.25, -0.2) is 4.98 Å². The van der Waals surface area contributed by atoms with E-state index in [0.717, 1.165) is 25.9 Å². The smallest absolute Gasteiger partial charge is 0.272 e. The van der Waals surface area contributed by atoms with Crippen molar-refractivity contribution in [3.63, 3.8) is 0 Å². The maximum atomic E-state index is 11.7. The van der Waals surface area contributed by atoms with E-state index in [2.05, 4.69) is 10.3 Å². The van der Waals surface area contributed by atoms with Crippen LogP contribution in [0.5, 0.6) is 0 Å². The maximum absolute atomic E-state index is 11.7. The summed E-state index contributed by atoms with van der Waals surface area (Å²) in [6.45, 7) is 1.44. The van der Waals surface area contributed by atoms with Crippen LogP contribution in [0.2, 0.25) is 0 Å². The van der Waals surface area contributed by atoms with Crippen molar-refractivity contribution in [3.8, 4) is 0 Å². The highest BCUT2D eigenvalue weighted by Crippen LogP contribution is 2.14. The van der Waals surface area contributed by atoms with Crippen LogP contribution in [-0.2, 0) is 4.74 Å². The summed E-state index contributed by atoms with van der Waals surface area (Å²) in [7, 11) is 0. The van der Waals surface area contributed by atoms with Crippen LogP contribution >= 0.6 is 0 Å². The molecule has 1 atom stereocenters. The zero-order valence-electron chi connectivity index (χ0n) is 9.69. The maximum Gasteiger partial charge on any atom is 0.272 e. The van der Waals surface area contributed by atoms with E-state index in [1.54, 1.807) is 18.3 Å². The summed E-state index contributed by atoms with van der Waals surface area (Å²) in [5, 5.41) is 2.81. The average Bonchev–Trinajstić information content (AvgIpc) is 2.82. The van der Waals surface area contributed by atoms with Gasteiger partial charge in [-0.1, -0.05) is 0 Å². The van der Waals surface area contributed by atoms with Gasteiger partial charge in [-0.15, -0.1) is 0 Å². The number of rotatable bonds is 4. The van der Waals surface area contributed by atoms with Crippen LogP contribution in [0, 0.1) is 0 Å². The molecule has 0 radical (unpaired) electrons. The molecule has 1 amide bonds. The molecule has 1 unspecified atom stereocenters. The molecule has 0 aliphatic carbocycles. The second-order valence-electron chi connectivity index (χ2n) is 4.12. The van der Waals surface area contributed by atoms with E-state index in [4.69, 9.17) is 10.5 Å². The number of nitrogens with two attached hydrogens (primary N) is 1. The molecule has 0 saturated carbocycles. The molecule has 2 rings (SSSR count). The lowest BCUT2D eigenvalue weighted by atomic mass is 10.2. The van der Waals surface area contributed by atoms with Crippen LogP contribution in [0.15, 0.2) is 18.3 Å². The molecule has 1 fully saturated rings. The van der Waals surface area contributed by atoms with Gasteiger partial charge in [0.15, 0.2) is 5.69 Å². The number of nitrogens with one attached hydrogen (secondary N) is 1. The predicted octanol–water partition coefficient (Wildman–Crippen LogP) is 0.963. The first kappa shape index (κ1) is 11.9. The molecule has 2 heterocycles. The number of aromatic nitrogens is 1. The molecule has 17 heavy (non-hydrogen) atoms. The summed E-state index contributed by atoms with van der Waals surface area (Å²) in [4.78, 5) is 15.7. The highest BCUT2D eigenvalue weighted by atomic mass is 16.5. The Balaban J connectivity index is 1.79. The summed E-state index contributed by atoms with van der Waals surface area (Å²) in [6, 6.07) is 3.38. The summed E-state index contributed by atoms with van der Waals surface area (Å²) >= 11 is 0. The molecule has 5 nitrogen and oxygen atoms in total. The number of ether oxygens (including phenoxy) is 1. The third-order valence-corrected chi connectivity index (χ3v) is 2.83. The Kier molecular flexibility index (Phi) is 3.93. The first-order chi connectivity index (χ1) is 8.27. The second-order valence-corrected chi connectivity index (χ2v) is 4.12. The molecule has 1 aliphatic heterocycles. The van der Waals surface area contributed by atoms with Gasteiger partial charge < -0.3 is 15.8 Å². The minimum absolute atomic E-state index is 0.221. The van der Waals surface area contributed by atoms with Crippen LogP contribution in [0.3, 0.4) is 0 Å². The fraction of sp³-hybridized carbons (Fsp3) is 0.500. The Hall–Kier alpha value is -1.62. The van der Waals surface area contributed by atoms with E-state index in [9.17, 15) is 4.79 Å². The van der Waals surface area contributed by atoms with Gasteiger partial charge in [-0.3, -0.25) is 4.79 Å². The van der Waals surface area contributed by atoms with E-state index in [0.29, 0.717) is 17.9 Å². The van der Waals surface area contributed by atoms with E-state index in [-0.39, 0.29) is 12.0 Å². The van der Waals surface area contributed by atoms with E-state index >= 15 is 0 Å². The Morgan fingerprint density at radius 2 is 2.53 bits per heavy atom. The van der Waals surface area contributed by atoms with Crippen molar-refractivity contribution in [2.45, 2.75) is 25.4 Å². The molecular weight excluding hydrogens is 218 g/mol. The van der Waals surface area contributed by atoms with E-state index < -0.39 is 0 Å². The van der Waals surface area contributed by atoms with Crippen LogP contribution in [-0.4, -0.2) is 30.1 Å². The largest absolute Gasteiger partial charge is 0.397 e. The van der Waals surface area contributed by atoms with Crippen molar-refractivity contribution < 1.29 is 9.53 Å². The number of nitrogens with zero attached hydrogens (tertiary/aromatic N) is 1. The molecule has 1 aromatic rings. The summed E-state index contributed by atoms with van der Waals surface area (Å²) in [6.07, 6.45) is 4.90. The SMILES string of the molecule is Nc1cccnc1C(=O)NCCC1CCCO1. The number of carbonyl (C=O) groups excluding carboxylic acids is 1. The summed E-state index contributed by atoms with van der Waals surface area (Å²) in [5.41, 5.74) is 6.36. The topological polar surface area (TPSA) is 77.2 Å². The lowest BCUT2D eigenvalue weighted by molar-refractivity contribution is 0.0904. The summed E-state index contributed by atoms with van der Waals surface area (Å²) in [5.74, 6) is -0.221. The normalized spacial score (nSPS) is 19.2. The number of amides is 1. The molecule has 0 aromatic carbocycles. The van der Waals surface area contributed by atoms with Crippen molar-refractivity contribution in [1.82, 2.24) is 10.3 Å². The number of pyridine rings is 1. The molecule has 1 aromatic heterocycles. The Bertz CT molecular complexity index is 389. The van der Waals surface area contributed by atoms with Crippen molar-refractivity contribution in [2.75, 3.05) is 18.9 Å². The molecule has 92 valence electrons. The predicted molar refractivity (Wildman–Crippen MR) is 64.6 cm³/mol. The van der Waals surface area contributed by atoms with Crippen molar-refractivity contribution in [2.24, 2.45) is 0 Å². The van der Waals surface area contributed by atoms with Gasteiger partial charge in [0.05, 0.1) is 11.8 Å². The molecule has 0 spiro atoms. The van der Waals surface area contributed by atoms with Crippen LogP contribution in [0.4, 0.5) is 5.69 Å². The van der Waals surface area contributed by atoms with Crippen LogP contribution in [0.1, 0.15) is 29.8 Å². The monoisotopic (exact) mass is 235 g/mol. The zero-order valence-corrected chi connectivity index (χ0v) is 9.69. The lowest BCUT2D eigenvalue weighted by Gasteiger charge is -2.10. The van der Waals surface area contributed by atoms with E-state index in [1.807, 2.05) is 0 Å². The van der Waals surface area contributed by atoms with Crippen LogP contribution in [0.25, 0.3) is 0 Å². The van der Waals surface area contributed by atoms with E-state index in [1.165, 1.54) is 0 Å². The Labute approximate surface area is 100 Å². The van der Waals surface area contributed by atoms with Crippen molar-refractivity contribution >= 4 is 11.6 Å². The highest BCUT2D eigenvalue weighted by molar-refractivity contribution is 5.96. The average molecular weight is 235 g/mol. The molecule has 0 bridgehead atoms. The number of anilines is 1. The number of hydrogen-bond donors (Lipinski definition) is 2. The highest BCUT2D eigenvalue weighted by Gasteiger charge is 2.16. The van der Waals surface area contributed by atoms with Gasteiger partial charge in [-0.05, 0) is 31.4 Å². The minimum atomic E-state index is -0.221. The third-order valence-electron chi connectivity index (χ3n) is 2.83. The number of carbonyl (C=O) groups is 1. The fourth-order valence-electron chi connectivity index (χ4n) is 1.91. The standard InChI is InChI=1S/C12H17N3O2/c13-10-4-1-6-14-11(10)12(16)15-7-5-9-3-2-8-17-9/h1,4,6,9H,2-3,5,7-8,13H2,(H,15,16). The molecule has 1 saturated heterocycles. The molecule has 5 heteroatoms. The fourth-order valence-corrected chi connectivity index (χ4v) is 1.91. The van der Waals surface area contributed by atoms with Crippen LogP contribution < -0.4 is 11.1 Å². The first-order valence-corrected chi connectivity index (χ1v) is 5.87. The molecule has 1 aliphatic rings. The van der Waals surface area contributed by atoms with Gasteiger partial charge in [0.2, 0.25) is 0 Å². The van der Waals surface area contributed by atoms with Gasteiger partial charge in [0.25, 0.3) is 5.91 Å². The number of nitrogen functional groups attached to an aromatic ring is 1. The minimum Gasteiger partial charge on any atom is -0.397 e. The summed E-state index contributed by atoms with van der Waals surface area (Å²) < 4.78 is 5.47. The Morgan fingerprint density at radius 3 is 3.24 bits per heavy atom. The van der Waals surface area contributed by atoms with Gasteiger partial charge in [0.1, 0.15) is 0 Å². The Morgan fingerprint density at radius 1 is 1.65 bits per heavy atom. The molecule has 3 N–H and O–H groups in total. The quantitative estimate of drug-likeness (QED) is 0.815. The third kappa shape index (κ3) is 3.17. The lowest BCUT2D eigenvalue weighted by Crippen LogP contribution is -2.28. The zero-order chi connectivity index (χ0) is 12.1. The first-order valence-electron chi connectivity index (χ1n) is 5.87. The number of hydrogen-bond acceptors (Lipinski definition) is 4. The van der Waals surface area contributed by atoms with Crippen molar-refractivity contribution in [1.29, 1.82) is 0 Å². The van der Waals surface area contributed by atoms with Crippen molar-refractivity contribution in [3.05, 3.63) is 24.0 Å².